The molecule has 3 aromatic rings. The zero-order valence-corrected chi connectivity index (χ0v) is 18.7. The Morgan fingerprint density at radius 3 is 2.41 bits per heavy atom. The number of piperazine rings is 1. The normalized spacial score (nSPS) is 19.0. The molecule has 0 saturated carbocycles. The van der Waals surface area contributed by atoms with Crippen LogP contribution in [-0.4, -0.2) is 58.7 Å². The summed E-state index contributed by atoms with van der Waals surface area (Å²) < 4.78 is 13.5. The van der Waals surface area contributed by atoms with Crippen LogP contribution >= 0.6 is 11.6 Å². The van der Waals surface area contributed by atoms with Crippen molar-refractivity contribution >= 4 is 29.2 Å². The molecule has 0 spiro atoms. The predicted octanol–water partition coefficient (Wildman–Crippen LogP) is 4.04. The van der Waals surface area contributed by atoms with Crippen LogP contribution in [0.1, 0.15) is 19.8 Å². The summed E-state index contributed by atoms with van der Waals surface area (Å²) in [6.07, 6.45) is 5.56. The zero-order valence-electron chi connectivity index (χ0n) is 18.0. The largest absolute Gasteiger partial charge is 0.350 e. The van der Waals surface area contributed by atoms with Crippen LogP contribution in [0.25, 0.3) is 11.3 Å². The van der Waals surface area contributed by atoms with E-state index in [1.165, 1.54) is 12.1 Å². The van der Waals surface area contributed by atoms with Gasteiger partial charge < -0.3 is 14.7 Å². The van der Waals surface area contributed by atoms with Crippen LogP contribution in [0.2, 0.25) is 5.15 Å². The standard InChI is InChI=1S/C23H25ClFN7/c1-16-15-31(22-21(24)26-8-9-27-22)12-13-32(16)20-14-19(17-4-6-18(25)7-5-17)28-23(29-20)30-10-2-3-11-30/h4-9,14,16H,2-3,10-13,15H2,1H3. The molecule has 0 bridgehead atoms. The Kier molecular flexibility index (Phi) is 5.78. The summed E-state index contributed by atoms with van der Waals surface area (Å²) in [5.74, 6) is 2.09. The maximum absolute atomic E-state index is 13.5. The van der Waals surface area contributed by atoms with Gasteiger partial charge >= 0.3 is 0 Å². The van der Waals surface area contributed by atoms with Crippen LogP contribution in [0.4, 0.5) is 22.0 Å². The lowest BCUT2D eigenvalue weighted by molar-refractivity contribution is 0.542. The predicted molar refractivity (Wildman–Crippen MR) is 125 cm³/mol. The highest BCUT2D eigenvalue weighted by Crippen LogP contribution is 2.30. The molecule has 2 aromatic heterocycles. The van der Waals surface area contributed by atoms with Crippen molar-refractivity contribution in [1.82, 2.24) is 19.9 Å². The molecule has 7 nitrogen and oxygen atoms in total. The minimum Gasteiger partial charge on any atom is -0.350 e. The topological polar surface area (TPSA) is 61.3 Å². The van der Waals surface area contributed by atoms with Crippen LogP contribution in [0.3, 0.4) is 0 Å². The maximum atomic E-state index is 13.5. The quantitative estimate of drug-likeness (QED) is 0.590. The average molecular weight is 454 g/mol. The van der Waals surface area contributed by atoms with E-state index in [0.29, 0.717) is 11.0 Å². The second kappa shape index (κ2) is 8.86. The fourth-order valence-corrected chi connectivity index (χ4v) is 4.64. The van der Waals surface area contributed by atoms with E-state index >= 15 is 0 Å². The zero-order chi connectivity index (χ0) is 22.1. The number of hydrogen-bond donors (Lipinski definition) is 0. The third-order valence-corrected chi connectivity index (χ3v) is 6.35. The summed E-state index contributed by atoms with van der Waals surface area (Å²) in [7, 11) is 0. The molecule has 0 N–H and O–H groups in total. The van der Waals surface area contributed by atoms with Crippen molar-refractivity contribution in [3.8, 4) is 11.3 Å². The first-order valence-corrected chi connectivity index (χ1v) is 11.3. The van der Waals surface area contributed by atoms with Gasteiger partial charge in [0.25, 0.3) is 0 Å². The molecular formula is C23H25ClFN7. The molecule has 5 rings (SSSR count). The van der Waals surface area contributed by atoms with E-state index in [1.54, 1.807) is 24.5 Å². The lowest BCUT2D eigenvalue weighted by Crippen LogP contribution is -2.52. The summed E-state index contributed by atoms with van der Waals surface area (Å²) in [6, 6.07) is 8.68. The smallest absolute Gasteiger partial charge is 0.227 e. The van der Waals surface area contributed by atoms with Gasteiger partial charge in [0, 0.05) is 62.8 Å². The molecule has 0 radical (unpaired) electrons. The van der Waals surface area contributed by atoms with E-state index in [0.717, 1.165) is 68.6 Å². The van der Waals surface area contributed by atoms with Gasteiger partial charge in [0.2, 0.25) is 5.95 Å². The van der Waals surface area contributed by atoms with Crippen molar-refractivity contribution in [2.45, 2.75) is 25.8 Å². The van der Waals surface area contributed by atoms with Gasteiger partial charge in [-0.2, -0.15) is 4.98 Å². The van der Waals surface area contributed by atoms with E-state index in [4.69, 9.17) is 21.6 Å². The first-order chi connectivity index (χ1) is 15.6. The van der Waals surface area contributed by atoms with Gasteiger partial charge in [0.1, 0.15) is 11.6 Å². The minimum absolute atomic E-state index is 0.184. The molecule has 0 aliphatic carbocycles. The molecule has 2 fully saturated rings. The van der Waals surface area contributed by atoms with Gasteiger partial charge in [-0.1, -0.05) is 11.6 Å². The van der Waals surface area contributed by atoms with Crippen LogP contribution in [0, 0.1) is 5.82 Å². The highest BCUT2D eigenvalue weighted by Gasteiger charge is 2.28. The Morgan fingerprint density at radius 2 is 1.69 bits per heavy atom. The van der Waals surface area contributed by atoms with Crippen molar-refractivity contribution in [1.29, 1.82) is 0 Å². The van der Waals surface area contributed by atoms with Gasteiger partial charge in [-0.25, -0.2) is 19.3 Å². The lowest BCUT2D eigenvalue weighted by Gasteiger charge is -2.41. The van der Waals surface area contributed by atoms with E-state index < -0.39 is 0 Å². The molecule has 1 aromatic carbocycles. The number of rotatable bonds is 4. The number of benzene rings is 1. The number of hydrogen-bond acceptors (Lipinski definition) is 7. The van der Waals surface area contributed by atoms with E-state index in [9.17, 15) is 4.39 Å². The van der Waals surface area contributed by atoms with Crippen LogP contribution in [0.5, 0.6) is 0 Å². The van der Waals surface area contributed by atoms with Gasteiger partial charge in [-0.15, -0.1) is 0 Å². The fraction of sp³-hybridized carbons (Fsp3) is 0.391. The minimum atomic E-state index is -0.254. The van der Waals surface area contributed by atoms with Gasteiger partial charge in [-0.05, 0) is 44.0 Å². The Bertz CT molecular complexity index is 1090. The molecule has 4 heterocycles. The SMILES string of the molecule is CC1CN(c2nccnc2Cl)CCN1c1cc(-c2ccc(F)cc2)nc(N2CCCC2)n1. The molecule has 166 valence electrons. The molecule has 2 saturated heterocycles. The molecular weight excluding hydrogens is 429 g/mol. The molecule has 32 heavy (non-hydrogen) atoms. The first-order valence-electron chi connectivity index (χ1n) is 11.0. The van der Waals surface area contributed by atoms with Crippen molar-refractivity contribution in [2.75, 3.05) is 47.4 Å². The second-order valence-electron chi connectivity index (χ2n) is 8.27. The lowest BCUT2D eigenvalue weighted by atomic mass is 10.1. The number of halogens is 2. The summed E-state index contributed by atoms with van der Waals surface area (Å²) in [4.78, 5) is 25.0. The van der Waals surface area contributed by atoms with E-state index in [1.807, 2.05) is 6.07 Å². The van der Waals surface area contributed by atoms with Crippen molar-refractivity contribution in [3.05, 3.63) is 53.7 Å². The highest BCUT2D eigenvalue weighted by molar-refractivity contribution is 6.31. The Morgan fingerprint density at radius 1 is 0.938 bits per heavy atom. The summed E-state index contributed by atoms with van der Waals surface area (Å²) in [5, 5.41) is 0.421. The molecule has 9 heteroatoms. The third-order valence-electron chi connectivity index (χ3n) is 6.09. The molecule has 2 aliphatic rings. The third kappa shape index (κ3) is 4.19. The van der Waals surface area contributed by atoms with Gasteiger partial charge in [0.05, 0.1) is 5.69 Å². The molecule has 1 atom stereocenters. The van der Waals surface area contributed by atoms with Crippen LogP contribution in [0.15, 0.2) is 42.7 Å². The van der Waals surface area contributed by atoms with Crippen LogP contribution in [-0.2, 0) is 0 Å². The van der Waals surface area contributed by atoms with Crippen molar-refractivity contribution in [2.24, 2.45) is 0 Å². The summed E-state index contributed by atoms with van der Waals surface area (Å²) in [5.41, 5.74) is 1.69. The first kappa shape index (κ1) is 20.9. The number of anilines is 3. The van der Waals surface area contributed by atoms with Crippen molar-refractivity contribution in [3.63, 3.8) is 0 Å². The van der Waals surface area contributed by atoms with E-state index in [2.05, 4.69) is 31.6 Å². The maximum Gasteiger partial charge on any atom is 0.227 e. The Hall–Kier alpha value is -3.00. The fourth-order valence-electron chi connectivity index (χ4n) is 4.41. The summed E-state index contributed by atoms with van der Waals surface area (Å²) in [6.45, 7) is 6.38. The Balaban J connectivity index is 1.45. The van der Waals surface area contributed by atoms with Crippen molar-refractivity contribution < 1.29 is 4.39 Å². The number of nitrogens with zero attached hydrogens (tertiary/aromatic N) is 7. The Labute approximate surface area is 191 Å². The number of aromatic nitrogens is 4. The average Bonchev–Trinajstić information content (AvgIpc) is 3.35. The molecule has 0 amide bonds. The highest BCUT2D eigenvalue weighted by atomic mass is 35.5. The summed E-state index contributed by atoms with van der Waals surface area (Å²) >= 11 is 6.27. The second-order valence-corrected chi connectivity index (χ2v) is 8.63. The monoisotopic (exact) mass is 453 g/mol. The van der Waals surface area contributed by atoms with Crippen LogP contribution < -0.4 is 14.7 Å². The molecule has 2 aliphatic heterocycles. The van der Waals surface area contributed by atoms with Gasteiger partial charge in [0.15, 0.2) is 11.0 Å². The van der Waals surface area contributed by atoms with E-state index in [-0.39, 0.29) is 11.9 Å². The molecule has 1 unspecified atom stereocenters. The van der Waals surface area contributed by atoms with Gasteiger partial charge in [-0.3, -0.25) is 0 Å².